The van der Waals surface area contributed by atoms with Gasteiger partial charge < -0.3 is 27.0 Å². The Bertz CT molecular complexity index is 891. The van der Waals surface area contributed by atoms with Gasteiger partial charge in [-0.05, 0) is 49.9 Å². The second kappa shape index (κ2) is 12.9. The molecule has 2 rings (SSSR count). The SMILES string of the molecule is NC(N)=NCCC[C@H](NC(=O)[C@@H]1CCCN1C(=O)CNC(=O)c1ccc(Br)cc1)C(=O)CF. The molecule has 0 bridgehead atoms. The number of Topliss-reactive ketones (excluding diaryl/α,β-unsaturated/α-hetero) is 1. The Morgan fingerprint density at radius 1 is 1.21 bits per heavy atom. The second-order valence-electron chi connectivity index (χ2n) is 7.54. The summed E-state index contributed by atoms with van der Waals surface area (Å²) in [7, 11) is 0. The van der Waals surface area contributed by atoms with Gasteiger partial charge in [0.15, 0.2) is 11.7 Å². The zero-order chi connectivity index (χ0) is 24.4. The minimum atomic E-state index is -1.22. The molecule has 3 amide bonds. The molecule has 12 heteroatoms. The van der Waals surface area contributed by atoms with Crippen LogP contribution in [0.1, 0.15) is 36.0 Å². The number of nitrogens with two attached hydrogens (primary N) is 2. The largest absolute Gasteiger partial charge is 0.370 e. The first-order chi connectivity index (χ1) is 15.7. The number of carbonyl (C=O) groups excluding carboxylic acids is 4. The van der Waals surface area contributed by atoms with Crippen LogP contribution in [0.3, 0.4) is 0 Å². The van der Waals surface area contributed by atoms with Gasteiger partial charge in [0.1, 0.15) is 12.7 Å². The van der Waals surface area contributed by atoms with Gasteiger partial charge in [0.25, 0.3) is 5.91 Å². The van der Waals surface area contributed by atoms with Crippen LogP contribution < -0.4 is 22.1 Å². The molecule has 2 atom stereocenters. The number of nitrogens with zero attached hydrogens (tertiary/aromatic N) is 2. The average Bonchev–Trinajstić information content (AvgIpc) is 3.29. The van der Waals surface area contributed by atoms with Crippen LogP contribution in [0.4, 0.5) is 4.39 Å². The highest BCUT2D eigenvalue weighted by Gasteiger charge is 2.35. The van der Waals surface area contributed by atoms with Gasteiger partial charge in [-0.2, -0.15) is 0 Å². The number of halogens is 2. The van der Waals surface area contributed by atoms with E-state index >= 15 is 0 Å². The maximum Gasteiger partial charge on any atom is 0.251 e. The van der Waals surface area contributed by atoms with Crippen LogP contribution in [-0.4, -0.2) is 72.8 Å². The molecule has 1 aromatic carbocycles. The van der Waals surface area contributed by atoms with Crippen LogP contribution in [0.15, 0.2) is 33.7 Å². The molecule has 0 saturated carbocycles. The molecule has 1 aliphatic heterocycles. The van der Waals surface area contributed by atoms with E-state index in [0.29, 0.717) is 31.4 Å². The minimum absolute atomic E-state index is 0.0975. The summed E-state index contributed by atoms with van der Waals surface area (Å²) in [6, 6.07) is 4.82. The highest BCUT2D eigenvalue weighted by Crippen LogP contribution is 2.18. The average molecular weight is 527 g/mol. The summed E-state index contributed by atoms with van der Waals surface area (Å²) >= 11 is 3.29. The van der Waals surface area contributed by atoms with Crippen molar-refractivity contribution in [2.24, 2.45) is 16.5 Å². The van der Waals surface area contributed by atoms with E-state index in [1.807, 2.05) is 0 Å². The number of alkyl halides is 1. The van der Waals surface area contributed by atoms with Crippen LogP contribution in [0.5, 0.6) is 0 Å². The topological polar surface area (TPSA) is 160 Å². The Morgan fingerprint density at radius 2 is 1.91 bits per heavy atom. The van der Waals surface area contributed by atoms with E-state index in [1.165, 1.54) is 4.90 Å². The minimum Gasteiger partial charge on any atom is -0.370 e. The molecule has 1 aromatic rings. The number of hydrogen-bond acceptors (Lipinski definition) is 5. The van der Waals surface area contributed by atoms with Gasteiger partial charge in [0.05, 0.1) is 12.6 Å². The van der Waals surface area contributed by atoms with Crippen molar-refractivity contribution in [3.63, 3.8) is 0 Å². The summed E-state index contributed by atoms with van der Waals surface area (Å²) in [4.78, 5) is 54.8. The summed E-state index contributed by atoms with van der Waals surface area (Å²) in [6.07, 6.45) is 1.53. The Hall–Kier alpha value is -3.02. The number of carbonyl (C=O) groups is 4. The van der Waals surface area contributed by atoms with Crippen molar-refractivity contribution in [3.05, 3.63) is 34.3 Å². The summed E-state index contributed by atoms with van der Waals surface area (Å²) in [5, 5.41) is 5.11. The van der Waals surface area contributed by atoms with Gasteiger partial charge in [0, 0.05) is 23.1 Å². The molecule has 10 nitrogen and oxygen atoms in total. The standard InChI is InChI=1S/C21H28BrFN6O4/c22-14-7-5-13(6-8-14)19(32)27-12-18(31)29-10-2-4-16(29)20(33)28-15(17(30)11-23)3-1-9-26-21(24)25/h5-8,15-16H,1-4,9-12H2,(H,27,32)(H,28,33)(H4,24,25,26)/t15-,16-/m0/s1. The second-order valence-corrected chi connectivity index (χ2v) is 8.46. The monoisotopic (exact) mass is 526 g/mol. The fourth-order valence-corrected chi connectivity index (χ4v) is 3.74. The maximum absolute atomic E-state index is 13.0. The molecule has 1 aliphatic rings. The summed E-state index contributed by atoms with van der Waals surface area (Å²) in [5.41, 5.74) is 10.9. The van der Waals surface area contributed by atoms with E-state index in [-0.39, 0.29) is 25.5 Å². The van der Waals surface area contributed by atoms with Gasteiger partial charge in [-0.15, -0.1) is 0 Å². The lowest BCUT2D eigenvalue weighted by molar-refractivity contribution is -0.138. The Morgan fingerprint density at radius 3 is 2.55 bits per heavy atom. The normalized spacial score (nSPS) is 16.1. The number of ketones is 1. The number of hydrogen-bond donors (Lipinski definition) is 4. The van der Waals surface area contributed by atoms with Crippen molar-refractivity contribution in [3.8, 4) is 0 Å². The van der Waals surface area contributed by atoms with E-state index in [2.05, 4.69) is 31.6 Å². The third-order valence-electron chi connectivity index (χ3n) is 5.16. The molecule has 0 aromatic heterocycles. The molecule has 0 radical (unpaired) electrons. The molecule has 1 heterocycles. The Labute approximate surface area is 199 Å². The number of guanidine groups is 1. The molecule has 0 spiro atoms. The van der Waals surface area contributed by atoms with E-state index < -0.39 is 42.3 Å². The van der Waals surface area contributed by atoms with E-state index in [1.54, 1.807) is 24.3 Å². The fourth-order valence-electron chi connectivity index (χ4n) is 3.48. The van der Waals surface area contributed by atoms with E-state index in [9.17, 15) is 23.6 Å². The number of benzene rings is 1. The van der Waals surface area contributed by atoms with Crippen molar-refractivity contribution in [1.29, 1.82) is 0 Å². The van der Waals surface area contributed by atoms with Crippen LogP contribution in [-0.2, 0) is 14.4 Å². The third-order valence-corrected chi connectivity index (χ3v) is 5.69. The van der Waals surface area contributed by atoms with Crippen molar-refractivity contribution >= 4 is 45.4 Å². The number of rotatable bonds is 11. The highest BCUT2D eigenvalue weighted by atomic mass is 79.9. The first-order valence-corrected chi connectivity index (χ1v) is 11.3. The molecule has 0 aliphatic carbocycles. The summed E-state index contributed by atoms with van der Waals surface area (Å²) in [6.45, 7) is -0.912. The van der Waals surface area contributed by atoms with Gasteiger partial charge >= 0.3 is 0 Å². The van der Waals surface area contributed by atoms with Gasteiger partial charge in [-0.25, -0.2) is 4.39 Å². The van der Waals surface area contributed by atoms with Crippen molar-refractivity contribution in [2.75, 3.05) is 26.3 Å². The van der Waals surface area contributed by atoms with E-state index in [0.717, 1.165) is 4.47 Å². The lowest BCUT2D eigenvalue weighted by atomic mass is 10.1. The molecule has 0 unspecified atom stereocenters. The molecule has 6 N–H and O–H groups in total. The third kappa shape index (κ3) is 8.12. The molecule has 1 fully saturated rings. The van der Waals surface area contributed by atoms with Gasteiger partial charge in [-0.1, -0.05) is 15.9 Å². The van der Waals surface area contributed by atoms with Crippen LogP contribution >= 0.6 is 15.9 Å². The zero-order valence-corrected chi connectivity index (χ0v) is 19.6. The lowest BCUT2D eigenvalue weighted by Crippen LogP contribution is -2.52. The number of likely N-dealkylation sites (tertiary alicyclic amines) is 1. The van der Waals surface area contributed by atoms with E-state index in [4.69, 9.17) is 11.5 Å². The molecule has 1 saturated heterocycles. The van der Waals surface area contributed by atoms with Crippen molar-refractivity contribution in [1.82, 2.24) is 15.5 Å². The van der Waals surface area contributed by atoms with Gasteiger partial charge in [0.2, 0.25) is 11.8 Å². The quantitative estimate of drug-likeness (QED) is 0.183. The van der Waals surface area contributed by atoms with Crippen LogP contribution in [0.25, 0.3) is 0 Å². The highest BCUT2D eigenvalue weighted by molar-refractivity contribution is 9.10. The predicted molar refractivity (Wildman–Crippen MR) is 124 cm³/mol. The number of nitrogens with one attached hydrogen (secondary N) is 2. The smallest absolute Gasteiger partial charge is 0.251 e. The first kappa shape index (κ1) is 26.2. The Balaban J connectivity index is 1.92. The maximum atomic E-state index is 13.0. The predicted octanol–water partition coefficient (Wildman–Crippen LogP) is 0.247. The molecular formula is C21H28BrFN6O4. The summed E-state index contributed by atoms with van der Waals surface area (Å²) in [5.74, 6) is -2.22. The fraction of sp³-hybridized carbons (Fsp3) is 0.476. The first-order valence-electron chi connectivity index (χ1n) is 10.5. The molecule has 33 heavy (non-hydrogen) atoms. The lowest BCUT2D eigenvalue weighted by Gasteiger charge is -2.26. The number of aliphatic imine (C=N–C) groups is 1. The van der Waals surface area contributed by atoms with Gasteiger partial charge in [-0.3, -0.25) is 24.2 Å². The van der Waals surface area contributed by atoms with Crippen LogP contribution in [0.2, 0.25) is 0 Å². The summed E-state index contributed by atoms with van der Waals surface area (Å²) < 4.78 is 13.8. The molecular weight excluding hydrogens is 499 g/mol. The van der Waals surface area contributed by atoms with Crippen molar-refractivity contribution in [2.45, 2.75) is 37.8 Å². The van der Waals surface area contributed by atoms with Crippen molar-refractivity contribution < 1.29 is 23.6 Å². The van der Waals surface area contributed by atoms with Crippen LogP contribution in [0, 0.1) is 0 Å². The Kier molecular flexibility index (Phi) is 10.2. The molecule has 180 valence electrons. The number of amides is 3. The zero-order valence-electron chi connectivity index (χ0n) is 18.1.